The summed E-state index contributed by atoms with van der Waals surface area (Å²) in [6.45, 7) is 6.36. The Morgan fingerprint density at radius 2 is 2.14 bits per heavy atom. The molecule has 1 aromatic heterocycles. The summed E-state index contributed by atoms with van der Waals surface area (Å²) in [5.41, 5.74) is 0. The highest BCUT2D eigenvalue weighted by molar-refractivity contribution is 7.14. The zero-order chi connectivity index (χ0) is 15.2. The van der Waals surface area contributed by atoms with E-state index in [1.165, 1.54) is 37.7 Å². The lowest BCUT2D eigenvalue weighted by Crippen LogP contribution is -2.20. The summed E-state index contributed by atoms with van der Waals surface area (Å²) >= 11 is 1.60. The number of carbonyl (C=O) groups is 1. The summed E-state index contributed by atoms with van der Waals surface area (Å²) in [4.78, 5) is 13.7. The van der Waals surface area contributed by atoms with Crippen LogP contribution in [0.4, 0.5) is 0 Å². The lowest BCUT2D eigenvalue weighted by Gasteiger charge is -2.29. The molecular weight excluding hydrogens is 284 g/mol. The number of esters is 1. The van der Waals surface area contributed by atoms with Crippen molar-refractivity contribution in [1.29, 1.82) is 0 Å². The average Bonchev–Trinajstić information content (AvgIpc) is 3.01. The quantitative estimate of drug-likeness (QED) is 0.727. The van der Waals surface area contributed by atoms with Gasteiger partial charge in [0, 0.05) is 18.1 Å². The second-order valence-corrected chi connectivity index (χ2v) is 7.09. The largest absolute Gasteiger partial charge is 0.465 e. The Morgan fingerprint density at radius 1 is 1.43 bits per heavy atom. The highest BCUT2D eigenvalue weighted by Gasteiger charge is 2.26. The van der Waals surface area contributed by atoms with Crippen LogP contribution in [-0.4, -0.2) is 26.3 Å². The van der Waals surface area contributed by atoms with Crippen molar-refractivity contribution in [1.82, 2.24) is 0 Å². The highest BCUT2D eigenvalue weighted by Crippen LogP contribution is 2.39. The Hall–Kier alpha value is -0.870. The standard InChI is InChI=1S/C17H26O3S/c1-4-12(2)14(11-13-7-9-20-10-8-13)15-5-6-16(21-15)17(18)19-3/h5-6,12-14H,4,7-11H2,1-3H3. The van der Waals surface area contributed by atoms with Crippen LogP contribution in [0.1, 0.15) is 60.0 Å². The predicted molar refractivity (Wildman–Crippen MR) is 86.0 cm³/mol. The molecule has 0 N–H and O–H groups in total. The van der Waals surface area contributed by atoms with Gasteiger partial charge in [0.15, 0.2) is 0 Å². The molecule has 2 heterocycles. The van der Waals surface area contributed by atoms with E-state index in [9.17, 15) is 4.79 Å². The van der Waals surface area contributed by atoms with E-state index in [0.717, 1.165) is 19.1 Å². The van der Waals surface area contributed by atoms with Crippen molar-refractivity contribution in [2.24, 2.45) is 11.8 Å². The normalized spacial score (nSPS) is 19.2. The molecule has 0 aliphatic carbocycles. The van der Waals surface area contributed by atoms with Crippen molar-refractivity contribution in [2.75, 3.05) is 20.3 Å². The summed E-state index contributed by atoms with van der Waals surface area (Å²) in [6.07, 6.45) is 4.71. The number of carbonyl (C=O) groups excluding carboxylic acids is 1. The third-order valence-corrected chi connectivity index (χ3v) is 5.83. The van der Waals surface area contributed by atoms with E-state index in [4.69, 9.17) is 9.47 Å². The molecule has 0 spiro atoms. The maximum absolute atomic E-state index is 11.7. The number of hydrogen-bond acceptors (Lipinski definition) is 4. The van der Waals surface area contributed by atoms with Crippen LogP contribution in [0.25, 0.3) is 0 Å². The minimum absolute atomic E-state index is 0.222. The van der Waals surface area contributed by atoms with Crippen LogP contribution in [0, 0.1) is 11.8 Å². The zero-order valence-corrected chi connectivity index (χ0v) is 14.1. The molecule has 1 aromatic rings. The molecule has 21 heavy (non-hydrogen) atoms. The van der Waals surface area contributed by atoms with Gasteiger partial charge in [-0.1, -0.05) is 20.3 Å². The summed E-state index contributed by atoms with van der Waals surface area (Å²) in [6, 6.07) is 4.03. The SMILES string of the molecule is CCC(C)C(CC1CCOCC1)c1ccc(C(=O)OC)s1. The molecule has 0 saturated carbocycles. The maximum atomic E-state index is 11.7. The zero-order valence-electron chi connectivity index (χ0n) is 13.3. The van der Waals surface area contributed by atoms with Gasteiger partial charge in [0.1, 0.15) is 4.88 Å². The first kappa shape index (κ1) is 16.5. The van der Waals surface area contributed by atoms with Gasteiger partial charge in [-0.05, 0) is 49.1 Å². The Balaban J connectivity index is 2.11. The Kier molecular flexibility index (Phi) is 6.24. The molecule has 0 bridgehead atoms. The van der Waals surface area contributed by atoms with Gasteiger partial charge in [-0.2, -0.15) is 0 Å². The Morgan fingerprint density at radius 3 is 2.76 bits per heavy atom. The van der Waals surface area contributed by atoms with Crippen LogP contribution in [0.2, 0.25) is 0 Å². The van der Waals surface area contributed by atoms with Crippen LogP contribution in [0.3, 0.4) is 0 Å². The first-order valence-corrected chi connectivity index (χ1v) is 8.73. The Bertz CT molecular complexity index is 449. The molecular formula is C17H26O3S. The van der Waals surface area contributed by atoms with E-state index >= 15 is 0 Å². The molecule has 0 amide bonds. The predicted octanol–water partition coefficient (Wildman–Crippen LogP) is 4.48. The van der Waals surface area contributed by atoms with E-state index < -0.39 is 0 Å². The van der Waals surface area contributed by atoms with Crippen molar-refractivity contribution in [2.45, 2.75) is 45.4 Å². The van der Waals surface area contributed by atoms with E-state index in [-0.39, 0.29) is 5.97 Å². The van der Waals surface area contributed by atoms with E-state index in [2.05, 4.69) is 19.9 Å². The molecule has 2 unspecified atom stereocenters. The number of rotatable bonds is 6. The van der Waals surface area contributed by atoms with E-state index in [1.54, 1.807) is 11.3 Å². The fourth-order valence-corrected chi connectivity index (χ4v) is 4.19. The van der Waals surface area contributed by atoms with Crippen molar-refractivity contribution in [3.05, 3.63) is 21.9 Å². The molecule has 1 aliphatic rings. The molecule has 2 atom stereocenters. The van der Waals surface area contributed by atoms with Crippen LogP contribution in [0.15, 0.2) is 12.1 Å². The lowest BCUT2D eigenvalue weighted by molar-refractivity contribution is 0.0598. The summed E-state index contributed by atoms with van der Waals surface area (Å²) in [5.74, 6) is 1.71. The first-order chi connectivity index (χ1) is 10.2. The summed E-state index contributed by atoms with van der Waals surface area (Å²) in [7, 11) is 1.44. The minimum atomic E-state index is -0.222. The highest BCUT2D eigenvalue weighted by atomic mass is 32.1. The number of ether oxygens (including phenoxy) is 2. The fourth-order valence-electron chi connectivity index (χ4n) is 3.02. The minimum Gasteiger partial charge on any atom is -0.465 e. The second kappa shape index (κ2) is 7.95. The third kappa shape index (κ3) is 4.30. The van der Waals surface area contributed by atoms with E-state index in [0.29, 0.717) is 16.7 Å². The third-order valence-electron chi connectivity index (χ3n) is 4.64. The molecule has 0 radical (unpaired) electrons. The number of thiophene rings is 1. The molecule has 1 fully saturated rings. The molecule has 1 saturated heterocycles. The lowest BCUT2D eigenvalue weighted by atomic mass is 9.80. The van der Waals surface area contributed by atoms with Gasteiger partial charge < -0.3 is 9.47 Å². The van der Waals surface area contributed by atoms with Gasteiger partial charge in [0.2, 0.25) is 0 Å². The number of methoxy groups -OCH3 is 1. The van der Waals surface area contributed by atoms with E-state index in [1.807, 2.05) is 6.07 Å². The number of hydrogen-bond donors (Lipinski definition) is 0. The van der Waals surface area contributed by atoms with Crippen molar-refractivity contribution in [3.8, 4) is 0 Å². The molecule has 1 aliphatic heterocycles. The summed E-state index contributed by atoms with van der Waals surface area (Å²) < 4.78 is 10.3. The Labute approximate surface area is 131 Å². The smallest absolute Gasteiger partial charge is 0.348 e. The van der Waals surface area contributed by atoms with Crippen molar-refractivity contribution in [3.63, 3.8) is 0 Å². The second-order valence-electron chi connectivity index (χ2n) is 5.98. The molecule has 2 rings (SSSR count). The molecule has 4 heteroatoms. The van der Waals surface area contributed by atoms with Crippen LogP contribution < -0.4 is 0 Å². The van der Waals surface area contributed by atoms with Gasteiger partial charge in [0.25, 0.3) is 0 Å². The van der Waals surface area contributed by atoms with Crippen molar-refractivity contribution >= 4 is 17.3 Å². The van der Waals surface area contributed by atoms with Crippen LogP contribution >= 0.6 is 11.3 Å². The fraction of sp³-hybridized carbons (Fsp3) is 0.706. The van der Waals surface area contributed by atoms with Gasteiger partial charge in [-0.3, -0.25) is 0 Å². The maximum Gasteiger partial charge on any atom is 0.348 e. The van der Waals surface area contributed by atoms with Gasteiger partial charge in [-0.15, -0.1) is 11.3 Å². The topological polar surface area (TPSA) is 35.5 Å². The van der Waals surface area contributed by atoms with Crippen LogP contribution in [-0.2, 0) is 9.47 Å². The van der Waals surface area contributed by atoms with Crippen molar-refractivity contribution < 1.29 is 14.3 Å². The van der Waals surface area contributed by atoms with Crippen LogP contribution in [0.5, 0.6) is 0 Å². The average molecular weight is 310 g/mol. The van der Waals surface area contributed by atoms with Gasteiger partial charge in [0.05, 0.1) is 7.11 Å². The van der Waals surface area contributed by atoms with Gasteiger partial charge >= 0.3 is 5.97 Å². The monoisotopic (exact) mass is 310 g/mol. The molecule has 118 valence electrons. The first-order valence-electron chi connectivity index (χ1n) is 7.91. The van der Waals surface area contributed by atoms with Gasteiger partial charge in [-0.25, -0.2) is 4.79 Å². The molecule has 3 nitrogen and oxygen atoms in total. The molecule has 0 aromatic carbocycles. The summed E-state index contributed by atoms with van der Waals surface area (Å²) in [5, 5.41) is 0.